The summed E-state index contributed by atoms with van der Waals surface area (Å²) in [4.78, 5) is 3.99. The lowest BCUT2D eigenvalue weighted by Gasteiger charge is -2.07. The summed E-state index contributed by atoms with van der Waals surface area (Å²) in [6.07, 6.45) is 1.57. The normalized spacial score (nSPS) is 10.3. The average molecular weight is 255 g/mol. The standard InChI is InChI=1S/C12H9ClF2N2/c13-10-2-1-5-16-12(10)17-7-8-6-9(14)3-4-11(8)15/h1-6H,7H2,(H,16,17). The Balaban J connectivity index is 2.12. The van der Waals surface area contributed by atoms with Gasteiger partial charge < -0.3 is 5.32 Å². The van der Waals surface area contributed by atoms with Gasteiger partial charge in [-0.05, 0) is 30.3 Å². The maximum absolute atomic E-state index is 13.3. The van der Waals surface area contributed by atoms with Crippen LogP contribution < -0.4 is 5.32 Å². The highest BCUT2D eigenvalue weighted by molar-refractivity contribution is 6.32. The van der Waals surface area contributed by atoms with Gasteiger partial charge in [0.05, 0.1) is 5.02 Å². The molecule has 5 heteroatoms. The summed E-state index contributed by atoms with van der Waals surface area (Å²) in [5.74, 6) is -0.501. The molecule has 2 aromatic rings. The van der Waals surface area contributed by atoms with Crippen LogP contribution in [0.25, 0.3) is 0 Å². The molecule has 17 heavy (non-hydrogen) atoms. The largest absolute Gasteiger partial charge is 0.365 e. The van der Waals surface area contributed by atoms with E-state index in [1.54, 1.807) is 18.3 Å². The molecule has 0 aliphatic heterocycles. The van der Waals surface area contributed by atoms with Crippen LogP contribution in [0, 0.1) is 11.6 Å². The third-order valence-corrected chi connectivity index (χ3v) is 2.52. The molecule has 88 valence electrons. The van der Waals surface area contributed by atoms with Crippen molar-refractivity contribution in [1.82, 2.24) is 4.98 Å². The van der Waals surface area contributed by atoms with Crippen LogP contribution in [0.1, 0.15) is 5.56 Å². The molecule has 1 heterocycles. The van der Waals surface area contributed by atoms with E-state index in [0.717, 1.165) is 18.2 Å². The molecule has 0 saturated heterocycles. The number of hydrogen-bond donors (Lipinski definition) is 1. The predicted octanol–water partition coefficient (Wildman–Crippen LogP) is 3.63. The van der Waals surface area contributed by atoms with E-state index in [-0.39, 0.29) is 12.1 Å². The molecular formula is C12H9ClF2N2. The molecule has 1 aromatic carbocycles. The second-order valence-electron chi connectivity index (χ2n) is 3.42. The van der Waals surface area contributed by atoms with Crippen molar-refractivity contribution >= 4 is 17.4 Å². The average Bonchev–Trinajstić information content (AvgIpc) is 2.32. The molecule has 0 radical (unpaired) electrons. The number of anilines is 1. The Hall–Kier alpha value is -1.68. The van der Waals surface area contributed by atoms with Gasteiger partial charge in [0.1, 0.15) is 17.5 Å². The first-order valence-electron chi connectivity index (χ1n) is 4.95. The summed E-state index contributed by atoms with van der Waals surface area (Å²) in [5, 5.41) is 3.28. The fourth-order valence-corrected chi connectivity index (χ4v) is 1.56. The predicted molar refractivity (Wildman–Crippen MR) is 62.9 cm³/mol. The first-order valence-corrected chi connectivity index (χ1v) is 5.33. The number of rotatable bonds is 3. The van der Waals surface area contributed by atoms with Gasteiger partial charge in [-0.25, -0.2) is 13.8 Å². The Bertz CT molecular complexity index is 532. The summed E-state index contributed by atoms with van der Waals surface area (Å²) in [6.45, 7) is 0.125. The molecule has 0 spiro atoms. The minimum absolute atomic E-state index is 0.125. The minimum Gasteiger partial charge on any atom is -0.365 e. The highest BCUT2D eigenvalue weighted by Crippen LogP contribution is 2.19. The van der Waals surface area contributed by atoms with Crippen LogP contribution in [0.4, 0.5) is 14.6 Å². The zero-order chi connectivity index (χ0) is 12.3. The molecule has 0 amide bonds. The van der Waals surface area contributed by atoms with Crippen LogP contribution in [0.15, 0.2) is 36.5 Å². The maximum atomic E-state index is 13.3. The molecule has 1 N–H and O–H groups in total. The quantitative estimate of drug-likeness (QED) is 0.905. The second-order valence-corrected chi connectivity index (χ2v) is 3.83. The summed E-state index contributed by atoms with van der Waals surface area (Å²) in [6, 6.07) is 6.66. The van der Waals surface area contributed by atoms with Crippen LogP contribution in [0.2, 0.25) is 5.02 Å². The van der Waals surface area contributed by atoms with E-state index in [4.69, 9.17) is 11.6 Å². The molecule has 0 aliphatic carbocycles. The van der Waals surface area contributed by atoms with Crippen LogP contribution in [-0.2, 0) is 6.54 Å². The Morgan fingerprint density at radius 1 is 1.24 bits per heavy atom. The first kappa shape index (κ1) is 11.8. The molecule has 0 bridgehead atoms. The molecule has 0 unspecified atom stereocenters. The van der Waals surface area contributed by atoms with Gasteiger partial charge in [-0.1, -0.05) is 11.6 Å². The lowest BCUT2D eigenvalue weighted by atomic mass is 10.2. The number of nitrogens with one attached hydrogen (secondary N) is 1. The Morgan fingerprint density at radius 3 is 2.82 bits per heavy atom. The monoisotopic (exact) mass is 254 g/mol. The smallest absolute Gasteiger partial charge is 0.145 e. The van der Waals surface area contributed by atoms with Gasteiger partial charge in [-0.15, -0.1) is 0 Å². The maximum Gasteiger partial charge on any atom is 0.145 e. The third kappa shape index (κ3) is 2.91. The van der Waals surface area contributed by atoms with Crippen molar-refractivity contribution in [1.29, 1.82) is 0 Å². The molecule has 2 rings (SSSR count). The van der Waals surface area contributed by atoms with Gasteiger partial charge in [-0.2, -0.15) is 0 Å². The van der Waals surface area contributed by atoms with Crippen LogP contribution in [0.5, 0.6) is 0 Å². The van der Waals surface area contributed by atoms with E-state index in [1.807, 2.05) is 0 Å². The van der Waals surface area contributed by atoms with E-state index < -0.39 is 11.6 Å². The fourth-order valence-electron chi connectivity index (χ4n) is 1.37. The number of halogens is 3. The Labute approximate surface area is 102 Å². The van der Waals surface area contributed by atoms with E-state index in [2.05, 4.69) is 10.3 Å². The Kier molecular flexibility index (Phi) is 3.54. The van der Waals surface area contributed by atoms with Crippen molar-refractivity contribution in [3.05, 3.63) is 58.7 Å². The topological polar surface area (TPSA) is 24.9 Å². The van der Waals surface area contributed by atoms with E-state index in [9.17, 15) is 8.78 Å². The Morgan fingerprint density at radius 2 is 2.06 bits per heavy atom. The van der Waals surface area contributed by atoms with Crippen LogP contribution >= 0.6 is 11.6 Å². The van der Waals surface area contributed by atoms with Crippen molar-refractivity contribution in [3.63, 3.8) is 0 Å². The van der Waals surface area contributed by atoms with Crippen molar-refractivity contribution < 1.29 is 8.78 Å². The summed E-state index contributed by atoms with van der Waals surface area (Å²) >= 11 is 5.87. The van der Waals surface area contributed by atoms with Gasteiger partial charge in [0.25, 0.3) is 0 Å². The lowest BCUT2D eigenvalue weighted by Crippen LogP contribution is -2.04. The van der Waals surface area contributed by atoms with E-state index in [1.165, 1.54) is 0 Å². The molecular weight excluding hydrogens is 246 g/mol. The lowest BCUT2D eigenvalue weighted by molar-refractivity contribution is 0.587. The molecule has 0 aliphatic rings. The van der Waals surface area contributed by atoms with Crippen LogP contribution in [-0.4, -0.2) is 4.98 Å². The highest BCUT2D eigenvalue weighted by Gasteiger charge is 2.05. The fraction of sp³-hybridized carbons (Fsp3) is 0.0833. The van der Waals surface area contributed by atoms with Gasteiger partial charge >= 0.3 is 0 Å². The minimum atomic E-state index is -0.477. The zero-order valence-electron chi connectivity index (χ0n) is 8.75. The first-order chi connectivity index (χ1) is 8.16. The number of nitrogens with zero attached hydrogens (tertiary/aromatic N) is 1. The van der Waals surface area contributed by atoms with Crippen molar-refractivity contribution in [2.45, 2.75) is 6.54 Å². The highest BCUT2D eigenvalue weighted by atomic mass is 35.5. The number of aromatic nitrogens is 1. The number of pyridine rings is 1. The number of benzene rings is 1. The zero-order valence-corrected chi connectivity index (χ0v) is 9.51. The second kappa shape index (κ2) is 5.10. The number of hydrogen-bond acceptors (Lipinski definition) is 2. The molecule has 2 nitrogen and oxygen atoms in total. The summed E-state index contributed by atoms with van der Waals surface area (Å²) in [5.41, 5.74) is 0.228. The van der Waals surface area contributed by atoms with Crippen molar-refractivity contribution in [2.24, 2.45) is 0 Å². The van der Waals surface area contributed by atoms with Gasteiger partial charge in [0.15, 0.2) is 0 Å². The van der Waals surface area contributed by atoms with E-state index >= 15 is 0 Å². The third-order valence-electron chi connectivity index (χ3n) is 2.21. The van der Waals surface area contributed by atoms with E-state index in [0.29, 0.717) is 10.8 Å². The van der Waals surface area contributed by atoms with Gasteiger partial charge in [-0.3, -0.25) is 0 Å². The van der Waals surface area contributed by atoms with Crippen molar-refractivity contribution in [2.75, 3.05) is 5.32 Å². The molecule has 0 atom stereocenters. The van der Waals surface area contributed by atoms with Crippen molar-refractivity contribution in [3.8, 4) is 0 Å². The summed E-state index contributed by atoms with van der Waals surface area (Å²) in [7, 11) is 0. The molecule has 1 aromatic heterocycles. The molecule has 0 fully saturated rings. The SMILES string of the molecule is Fc1ccc(F)c(CNc2ncccc2Cl)c1. The molecule has 0 saturated carbocycles. The summed E-state index contributed by atoms with van der Waals surface area (Å²) < 4.78 is 26.2. The van der Waals surface area contributed by atoms with Crippen LogP contribution in [0.3, 0.4) is 0 Å². The van der Waals surface area contributed by atoms with Gasteiger partial charge in [0, 0.05) is 18.3 Å². The van der Waals surface area contributed by atoms with Gasteiger partial charge in [0.2, 0.25) is 0 Å².